The summed E-state index contributed by atoms with van der Waals surface area (Å²) in [6.07, 6.45) is 4.74. The first kappa shape index (κ1) is 19.3. The molecule has 0 radical (unpaired) electrons. The van der Waals surface area contributed by atoms with Gasteiger partial charge in [0.1, 0.15) is 12.6 Å². The van der Waals surface area contributed by atoms with E-state index in [-0.39, 0.29) is 25.0 Å². The molecule has 0 fully saturated rings. The Bertz CT molecular complexity index is 852. The number of hydrogen-bond acceptors (Lipinski definition) is 6. The first-order valence-corrected chi connectivity index (χ1v) is 9.39. The van der Waals surface area contributed by atoms with Crippen LogP contribution in [-0.4, -0.2) is 37.3 Å². The molecule has 0 amide bonds. The molecule has 0 saturated heterocycles. The van der Waals surface area contributed by atoms with Gasteiger partial charge in [-0.2, -0.15) is 0 Å². The van der Waals surface area contributed by atoms with Crippen LogP contribution in [-0.2, 0) is 4.74 Å². The van der Waals surface area contributed by atoms with E-state index in [1.165, 1.54) is 5.56 Å². The van der Waals surface area contributed by atoms with Crippen LogP contribution in [0.5, 0.6) is 0 Å². The van der Waals surface area contributed by atoms with Crippen molar-refractivity contribution >= 4 is 17.0 Å². The number of benzene rings is 1. The van der Waals surface area contributed by atoms with Crippen molar-refractivity contribution in [3.05, 3.63) is 48.5 Å². The smallest absolute Gasteiger partial charge is 0.167 e. The lowest BCUT2D eigenvalue weighted by molar-refractivity contribution is -0.0542. The Morgan fingerprint density at radius 3 is 2.63 bits per heavy atom. The number of aliphatic hydroxyl groups excluding tert-OH is 1. The normalized spacial score (nSPS) is 14.8. The quantitative estimate of drug-likeness (QED) is 0.598. The zero-order valence-corrected chi connectivity index (χ0v) is 16.0. The van der Waals surface area contributed by atoms with Crippen LogP contribution in [0, 0.1) is 0 Å². The molecule has 0 aliphatic carbocycles. The second-order valence-corrected chi connectivity index (χ2v) is 6.67. The van der Waals surface area contributed by atoms with Crippen molar-refractivity contribution in [1.29, 1.82) is 0 Å². The minimum atomic E-state index is -0.291. The largest absolute Gasteiger partial charge is 0.394 e. The first-order chi connectivity index (χ1) is 13.1. The summed E-state index contributed by atoms with van der Waals surface area (Å²) in [7, 11) is 0. The fourth-order valence-corrected chi connectivity index (χ4v) is 3.13. The molecule has 1 aromatic carbocycles. The number of fused-ring (bicyclic) bond motifs is 1. The highest BCUT2D eigenvalue weighted by molar-refractivity contribution is 5.82. The van der Waals surface area contributed by atoms with Crippen LogP contribution in [0.1, 0.15) is 51.4 Å². The number of ether oxygens (including phenoxy) is 1. The van der Waals surface area contributed by atoms with Crippen LogP contribution in [0.4, 0.5) is 5.82 Å². The molecule has 7 nitrogen and oxygen atoms in total. The van der Waals surface area contributed by atoms with Crippen molar-refractivity contribution in [3.63, 3.8) is 0 Å². The lowest BCUT2D eigenvalue weighted by Crippen LogP contribution is -2.19. The topological polar surface area (TPSA) is 85.1 Å². The van der Waals surface area contributed by atoms with Crippen LogP contribution in [0.15, 0.2) is 43.0 Å². The van der Waals surface area contributed by atoms with Crippen LogP contribution >= 0.6 is 0 Å². The van der Waals surface area contributed by atoms with Gasteiger partial charge in [-0.3, -0.25) is 4.57 Å². The molecule has 0 aliphatic heterocycles. The first-order valence-electron chi connectivity index (χ1n) is 9.39. The summed E-state index contributed by atoms with van der Waals surface area (Å²) >= 11 is 0. The third kappa shape index (κ3) is 4.43. The Hall–Kier alpha value is -2.51. The van der Waals surface area contributed by atoms with Gasteiger partial charge in [-0.25, -0.2) is 15.0 Å². The fraction of sp³-hybridized carbons (Fsp3) is 0.450. The number of nitrogens with one attached hydrogen (secondary N) is 1. The molecule has 27 heavy (non-hydrogen) atoms. The minimum absolute atomic E-state index is 0.0332. The predicted octanol–water partition coefficient (Wildman–Crippen LogP) is 3.70. The van der Waals surface area contributed by atoms with E-state index in [2.05, 4.69) is 39.3 Å². The van der Waals surface area contributed by atoms with E-state index in [1.54, 1.807) is 12.7 Å². The van der Waals surface area contributed by atoms with E-state index in [1.807, 2.05) is 36.6 Å². The second kappa shape index (κ2) is 8.92. The van der Waals surface area contributed by atoms with Gasteiger partial charge in [0, 0.05) is 0 Å². The van der Waals surface area contributed by atoms with E-state index in [9.17, 15) is 5.11 Å². The van der Waals surface area contributed by atoms with E-state index < -0.39 is 0 Å². The van der Waals surface area contributed by atoms with Gasteiger partial charge in [-0.1, -0.05) is 43.7 Å². The molecule has 0 bridgehead atoms. The molecule has 2 N–H and O–H groups in total. The molecule has 0 aliphatic rings. The Labute approximate surface area is 159 Å². The van der Waals surface area contributed by atoms with Crippen molar-refractivity contribution in [1.82, 2.24) is 19.5 Å². The molecule has 144 valence electrons. The number of aromatic nitrogens is 4. The van der Waals surface area contributed by atoms with E-state index in [4.69, 9.17) is 4.74 Å². The van der Waals surface area contributed by atoms with Crippen molar-refractivity contribution in [2.45, 2.75) is 52.0 Å². The summed E-state index contributed by atoms with van der Waals surface area (Å²) in [5, 5.41) is 12.7. The number of aliphatic hydroxyl groups is 1. The lowest BCUT2D eigenvalue weighted by atomic mass is 10.0. The van der Waals surface area contributed by atoms with Gasteiger partial charge in [-0.05, 0) is 25.8 Å². The van der Waals surface area contributed by atoms with Crippen LogP contribution in [0.2, 0.25) is 0 Å². The number of nitrogens with zero attached hydrogens (tertiary/aromatic N) is 4. The second-order valence-electron chi connectivity index (χ2n) is 6.67. The average Bonchev–Trinajstić information content (AvgIpc) is 3.13. The third-order valence-corrected chi connectivity index (χ3v) is 4.53. The van der Waals surface area contributed by atoms with E-state index in [0.717, 1.165) is 12.8 Å². The molecule has 0 saturated carbocycles. The Morgan fingerprint density at radius 1 is 1.15 bits per heavy atom. The van der Waals surface area contributed by atoms with Gasteiger partial charge in [0.2, 0.25) is 0 Å². The SMILES string of the molecule is CCC[C@H](Nc1ncnc2c1ncn2[C@@H](C)O[C@@H](C)CO)c1ccccc1. The molecule has 7 heteroatoms. The molecule has 3 aromatic rings. The van der Waals surface area contributed by atoms with Gasteiger partial charge < -0.3 is 15.2 Å². The van der Waals surface area contributed by atoms with E-state index >= 15 is 0 Å². The summed E-state index contributed by atoms with van der Waals surface area (Å²) in [4.78, 5) is 13.3. The highest BCUT2D eigenvalue weighted by Gasteiger charge is 2.18. The van der Waals surface area contributed by atoms with E-state index in [0.29, 0.717) is 17.0 Å². The molecular weight excluding hydrogens is 342 g/mol. The Balaban J connectivity index is 1.89. The fourth-order valence-electron chi connectivity index (χ4n) is 3.13. The van der Waals surface area contributed by atoms with Crippen LogP contribution < -0.4 is 5.32 Å². The summed E-state index contributed by atoms with van der Waals surface area (Å²) in [5.74, 6) is 0.712. The number of imidazole rings is 1. The van der Waals surface area contributed by atoms with Gasteiger partial charge in [0.25, 0.3) is 0 Å². The maximum absolute atomic E-state index is 9.21. The van der Waals surface area contributed by atoms with Crippen molar-refractivity contribution < 1.29 is 9.84 Å². The monoisotopic (exact) mass is 369 g/mol. The average molecular weight is 369 g/mol. The standard InChI is InChI=1S/C20H27N5O2/c1-4-8-17(16-9-6-5-7-10-16)24-19-18-20(22-12-21-19)25(13-23-18)15(3)27-14(2)11-26/h5-7,9-10,12-15,17,26H,4,8,11H2,1-3H3,(H,21,22,24)/t14-,15+,17-/m0/s1. The maximum atomic E-state index is 9.21. The molecule has 3 rings (SSSR count). The predicted molar refractivity (Wildman–Crippen MR) is 105 cm³/mol. The summed E-state index contributed by atoms with van der Waals surface area (Å²) in [6, 6.07) is 10.5. The van der Waals surface area contributed by atoms with Gasteiger partial charge >= 0.3 is 0 Å². The van der Waals surface area contributed by atoms with Gasteiger partial charge in [0.15, 0.2) is 17.0 Å². The summed E-state index contributed by atoms with van der Waals surface area (Å²) < 4.78 is 7.63. The molecule has 2 aromatic heterocycles. The van der Waals surface area contributed by atoms with Crippen molar-refractivity contribution in [3.8, 4) is 0 Å². The molecule has 0 spiro atoms. The molecule has 3 atom stereocenters. The summed E-state index contributed by atoms with van der Waals surface area (Å²) in [5.41, 5.74) is 2.63. The number of rotatable bonds is 9. The lowest BCUT2D eigenvalue weighted by Gasteiger charge is -2.20. The summed E-state index contributed by atoms with van der Waals surface area (Å²) in [6.45, 7) is 5.87. The van der Waals surface area contributed by atoms with Crippen molar-refractivity contribution in [2.75, 3.05) is 11.9 Å². The van der Waals surface area contributed by atoms with Gasteiger partial charge in [0.05, 0.1) is 25.1 Å². The number of hydrogen-bond donors (Lipinski definition) is 2. The Morgan fingerprint density at radius 2 is 1.93 bits per heavy atom. The minimum Gasteiger partial charge on any atom is -0.394 e. The Kier molecular flexibility index (Phi) is 6.36. The van der Waals surface area contributed by atoms with Crippen molar-refractivity contribution in [2.24, 2.45) is 0 Å². The zero-order chi connectivity index (χ0) is 19.2. The maximum Gasteiger partial charge on any atom is 0.167 e. The zero-order valence-electron chi connectivity index (χ0n) is 16.0. The molecule has 2 heterocycles. The number of anilines is 1. The molecule has 0 unspecified atom stereocenters. The van der Waals surface area contributed by atoms with Crippen LogP contribution in [0.3, 0.4) is 0 Å². The third-order valence-electron chi connectivity index (χ3n) is 4.53. The highest BCUT2D eigenvalue weighted by Crippen LogP contribution is 2.27. The van der Waals surface area contributed by atoms with Gasteiger partial charge in [-0.15, -0.1) is 0 Å². The molecular formula is C20H27N5O2. The highest BCUT2D eigenvalue weighted by atomic mass is 16.5. The van der Waals surface area contributed by atoms with Crippen LogP contribution in [0.25, 0.3) is 11.2 Å².